The van der Waals surface area contributed by atoms with Gasteiger partial charge in [-0.15, -0.1) is 0 Å². The lowest BCUT2D eigenvalue weighted by molar-refractivity contribution is -0.122. The molecule has 2 N–H and O–H groups in total. The topological polar surface area (TPSA) is 46.3 Å². The molecule has 1 amide bonds. The van der Waals surface area contributed by atoms with Gasteiger partial charge in [0.15, 0.2) is 0 Å². The van der Waals surface area contributed by atoms with Crippen molar-refractivity contribution in [2.24, 2.45) is 5.73 Å². The van der Waals surface area contributed by atoms with Gasteiger partial charge < -0.3 is 5.73 Å². The average Bonchev–Trinajstić information content (AvgIpc) is 2.10. The largest absolute Gasteiger partial charge is 0.368 e. The van der Waals surface area contributed by atoms with Crippen LogP contribution < -0.4 is 5.73 Å². The normalized spacial score (nSPS) is 12.9. The minimum atomic E-state index is -0.486. The minimum Gasteiger partial charge on any atom is -0.368 e. The Hall–Kier alpha value is -0.770. The summed E-state index contributed by atoms with van der Waals surface area (Å²) in [5, 5.41) is 0.879. The molecule has 0 bridgehead atoms. The zero-order valence-electron chi connectivity index (χ0n) is 8.50. The van der Waals surface area contributed by atoms with Crippen LogP contribution in [0.15, 0.2) is 18.2 Å². The smallest absolute Gasteiger partial charge is 0.239 e. The van der Waals surface area contributed by atoms with Crippen LogP contribution in [0.25, 0.3) is 0 Å². The molecular formula is C10H12Cl2N2O. The van der Waals surface area contributed by atoms with Gasteiger partial charge in [-0.3, -0.25) is 9.69 Å². The summed E-state index contributed by atoms with van der Waals surface area (Å²) in [5.41, 5.74) is 6.04. The first-order chi connectivity index (χ1) is 6.93. The second kappa shape index (κ2) is 4.84. The van der Waals surface area contributed by atoms with Gasteiger partial charge in [0.2, 0.25) is 5.91 Å². The van der Waals surface area contributed by atoms with Gasteiger partial charge in [0.05, 0.1) is 10.0 Å². The fourth-order valence-corrected chi connectivity index (χ4v) is 1.71. The lowest BCUT2D eigenvalue weighted by atomic mass is 10.1. The van der Waals surface area contributed by atoms with E-state index >= 15 is 0 Å². The first-order valence-corrected chi connectivity index (χ1v) is 5.09. The van der Waals surface area contributed by atoms with Gasteiger partial charge in [0.1, 0.15) is 6.04 Å². The molecule has 0 aromatic heterocycles. The molecule has 1 aromatic carbocycles. The predicted octanol–water partition coefficient (Wildman–Crippen LogP) is 2.08. The van der Waals surface area contributed by atoms with E-state index in [1.807, 2.05) is 0 Å². The van der Waals surface area contributed by atoms with Gasteiger partial charge >= 0.3 is 0 Å². The lowest BCUT2D eigenvalue weighted by Gasteiger charge is -2.21. The molecule has 1 aromatic rings. The molecule has 1 atom stereocenters. The van der Waals surface area contributed by atoms with Crippen molar-refractivity contribution in [1.82, 2.24) is 4.90 Å². The first kappa shape index (κ1) is 12.3. The van der Waals surface area contributed by atoms with Crippen LogP contribution in [0, 0.1) is 0 Å². The second-order valence-corrected chi connectivity index (χ2v) is 4.26. The van der Waals surface area contributed by atoms with Gasteiger partial charge in [-0.1, -0.05) is 29.3 Å². The first-order valence-electron chi connectivity index (χ1n) is 4.34. The van der Waals surface area contributed by atoms with E-state index in [4.69, 9.17) is 28.9 Å². The molecule has 0 aliphatic carbocycles. The van der Waals surface area contributed by atoms with E-state index < -0.39 is 11.9 Å². The molecule has 1 unspecified atom stereocenters. The maximum atomic E-state index is 11.2. The van der Waals surface area contributed by atoms with Crippen LogP contribution in [0.4, 0.5) is 0 Å². The molecule has 0 heterocycles. The SMILES string of the molecule is CN(C)C(C(N)=O)c1ccc(Cl)c(Cl)c1. The van der Waals surface area contributed by atoms with Crippen LogP contribution in [-0.4, -0.2) is 24.9 Å². The third-order valence-electron chi connectivity index (χ3n) is 2.05. The Morgan fingerprint density at radius 1 is 1.33 bits per heavy atom. The quantitative estimate of drug-likeness (QED) is 0.888. The summed E-state index contributed by atoms with van der Waals surface area (Å²) in [6.45, 7) is 0. The van der Waals surface area contributed by atoms with Crippen LogP contribution in [0.3, 0.4) is 0 Å². The molecular weight excluding hydrogens is 235 g/mol. The number of benzene rings is 1. The Morgan fingerprint density at radius 3 is 2.33 bits per heavy atom. The average molecular weight is 247 g/mol. The van der Waals surface area contributed by atoms with Gasteiger partial charge in [0.25, 0.3) is 0 Å². The van der Waals surface area contributed by atoms with E-state index in [9.17, 15) is 4.79 Å². The molecule has 15 heavy (non-hydrogen) atoms. The monoisotopic (exact) mass is 246 g/mol. The molecule has 1 rings (SSSR count). The number of likely N-dealkylation sites (N-methyl/N-ethyl adjacent to an activating group) is 1. The summed E-state index contributed by atoms with van der Waals surface area (Å²) >= 11 is 11.6. The van der Waals surface area contributed by atoms with Crippen molar-refractivity contribution < 1.29 is 4.79 Å². The predicted molar refractivity (Wildman–Crippen MR) is 62.1 cm³/mol. The molecule has 0 aliphatic rings. The summed E-state index contributed by atoms with van der Waals surface area (Å²) in [6, 6.07) is 4.56. The lowest BCUT2D eigenvalue weighted by Crippen LogP contribution is -2.32. The highest BCUT2D eigenvalue weighted by molar-refractivity contribution is 6.42. The highest BCUT2D eigenvalue weighted by Crippen LogP contribution is 2.27. The summed E-state index contributed by atoms with van der Waals surface area (Å²) in [6.07, 6.45) is 0. The van der Waals surface area contributed by atoms with Crippen LogP contribution in [0.5, 0.6) is 0 Å². The number of halogens is 2. The zero-order chi connectivity index (χ0) is 11.6. The second-order valence-electron chi connectivity index (χ2n) is 3.44. The Kier molecular flexibility index (Phi) is 3.97. The van der Waals surface area contributed by atoms with Crippen LogP contribution >= 0.6 is 23.2 Å². The standard InChI is InChI=1S/C10H12Cl2N2O/c1-14(2)9(10(13)15)6-3-4-7(11)8(12)5-6/h3-5,9H,1-2H3,(H2,13,15). The Balaban J connectivity index is 3.12. The number of primary amides is 1. The van der Waals surface area contributed by atoms with Gasteiger partial charge in [0, 0.05) is 0 Å². The highest BCUT2D eigenvalue weighted by atomic mass is 35.5. The molecule has 0 saturated carbocycles. The van der Waals surface area contributed by atoms with Crippen molar-refractivity contribution >= 4 is 29.1 Å². The highest BCUT2D eigenvalue weighted by Gasteiger charge is 2.20. The minimum absolute atomic E-state index is 0.418. The molecule has 0 aliphatic heterocycles. The maximum Gasteiger partial charge on any atom is 0.239 e. The maximum absolute atomic E-state index is 11.2. The number of carbonyl (C=O) groups is 1. The van der Waals surface area contributed by atoms with E-state index in [1.165, 1.54) is 0 Å². The van der Waals surface area contributed by atoms with E-state index in [0.29, 0.717) is 10.0 Å². The van der Waals surface area contributed by atoms with Crippen LogP contribution in [0.1, 0.15) is 11.6 Å². The number of nitrogens with zero attached hydrogens (tertiary/aromatic N) is 1. The van der Waals surface area contributed by atoms with Crippen molar-refractivity contribution in [3.63, 3.8) is 0 Å². The molecule has 0 spiro atoms. The van der Waals surface area contributed by atoms with E-state index in [2.05, 4.69) is 0 Å². The molecule has 3 nitrogen and oxygen atoms in total. The number of nitrogens with two attached hydrogens (primary N) is 1. The molecule has 0 fully saturated rings. The molecule has 82 valence electrons. The van der Waals surface area contributed by atoms with Crippen molar-refractivity contribution in [3.8, 4) is 0 Å². The molecule has 0 radical (unpaired) electrons. The van der Waals surface area contributed by atoms with Gasteiger partial charge in [-0.2, -0.15) is 0 Å². The van der Waals surface area contributed by atoms with Crippen molar-refractivity contribution in [3.05, 3.63) is 33.8 Å². The van der Waals surface area contributed by atoms with Crippen LogP contribution in [-0.2, 0) is 4.79 Å². The van der Waals surface area contributed by atoms with Crippen molar-refractivity contribution in [2.75, 3.05) is 14.1 Å². The van der Waals surface area contributed by atoms with E-state index in [-0.39, 0.29) is 0 Å². The number of hydrogen-bond acceptors (Lipinski definition) is 2. The van der Waals surface area contributed by atoms with Gasteiger partial charge in [-0.25, -0.2) is 0 Å². The summed E-state index contributed by atoms with van der Waals surface area (Å²) in [5.74, 6) is -0.418. The summed E-state index contributed by atoms with van der Waals surface area (Å²) in [7, 11) is 3.55. The van der Waals surface area contributed by atoms with Gasteiger partial charge in [-0.05, 0) is 31.8 Å². The third kappa shape index (κ3) is 2.84. The molecule has 5 heteroatoms. The summed E-state index contributed by atoms with van der Waals surface area (Å²) in [4.78, 5) is 13.0. The van der Waals surface area contributed by atoms with Crippen molar-refractivity contribution in [1.29, 1.82) is 0 Å². The zero-order valence-corrected chi connectivity index (χ0v) is 10.0. The van der Waals surface area contributed by atoms with Crippen molar-refractivity contribution in [2.45, 2.75) is 6.04 Å². The Morgan fingerprint density at radius 2 is 1.93 bits per heavy atom. The third-order valence-corrected chi connectivity index (χ3v) is 2.78. The Bertz CT molecular complexity index is 380. The fraction of sp³-hybridized carbons (Fsp3) is 0.300. The number of carbonyl (C=O) groups excluding carboxylic acids is 1. The number of hydrogen-bond donors (Lipinski definition) is 1. The van der Waals surface area contributed by atoms with Crippen LogP contribution in [0.2, 0.25) is 10.0 Å². The fourth-order valence-electron chi connectivity index (χ4n) is 1.40. The number of amides is 1. The molecule has 0 saturated heterocycles. The number of rotatable bonds is 3. The summed E-state index contributed by atoms with van der Waals surface area (Å²) < 4.78 is 0. The van der Waals surface area contributed by atoms with E-state index in [1.54, 1.807) is 37.2 Å². The van der Waals surface area contributed by atoms with E-state index in [0.717, 1.165) is 5.56 Å². The Labute approximate surface area is 98.8 Å².